The minimum atomic E-state index is -4.70. The van der Waals surface area contributed by atoms with E-state index in [1.54, 1.807) is 49.4 Å². The summed E-state index contributed by atoms with van der Waals surface area (Å²) in [5.41, 5.74) is -0.0393. The van der Waals surface area contributed by atoms with Crippen molar-refractivity contribution >= 4 is 67.1 Å². The molecule has 0 heterocycles. The third-order valence-electron chi connectivity index (χ3n) is 5.43. The molecule has 0 saturated carbocycles. The molecule has 4 aromatic carbocycles. The molecule has 9 nitrogen and oxygen atoms in total. The summed E-state index contributed by atoms with van der Waals surface area (Å²) in [4.78, 5) is 12.6. The van der Waals surface area contributed by atoms with Crippen LogP contribution >= 0.6 is 23.2 Å². The third-order valence-corrected chi connectivity index (χ3v) is 7.03. The predicted octanol–water partition coefficient (Wildman–Crippen LogP) is 3.46. The Balaban J connectivity index is 0.00000400. The number of para-hydroxylation sites is 1. The van der Waals surface area contributed by atoms with Gasteiger partial charge in [0.1, 0.15) is 22.0 Å². The molecule has 0 atom stereocenters. The Morgan fingerprint density at radius 1 is 1.03 bits per heavy atom. The van der Waals surface area contributed by atoms with Gasteiger partial charge >= 0.3 is 29.6 Å². The normalized spacial score (nSPS) is 11.4. The molecule has 0 aliphatic heterocycles. The van der Waals surface area contributed by atoms with Gasteiger partial charge in [-0.15, -0.1) is 5.11 Å². The van der Waals surface area contributed by atoms with Crippen LogP contribution in [0.1, 0.15) is 15.9 Å². The van der Waals surface area contributed by atoms with Crippen molar-refractivity contribution < 1.29 is 57.2 Å². The van der Waals surface area contributed by atoms with Gasteiger partial charge < -0.3 is 15.2 Å². The van der Waals surface area contributed by atoms with E-state index in [0.717, 1.165) is 6.07 Å². The molecule has 0 aliphatic carbocycles. The molecule has 0 spiro atoms. The van der Waals surface area contributed by atoms with Gasteiger partial charge in [-0.2, -0.15) is 13.5 Å². The molecule has 1 amide bonds. The molecule has 0 saturated heterocycles. The standard InChI is InChI=1S/C25H19Cl2N3O6S.Na/c1-13-10-19(21(12-18(13)27)37(33,34)35)29-30-22-15-7-4-3-6-14(15)11-16(24(22)31)25(32)28-23-17(26)8-5-9-20(23)36-2;/h3-12,31H,1-2H3,(H,28,32)(H,33,34,35);/q;+1/p-1. The minimum absolute atomic E-state index is 0. The van der Waals surface area contributed by atoms with Crippen LogP contribution in [0.15, 0.2) is 75.8 Å². The number of aryl methyl sites for hydroxylation is 1. The Kier molecular flexibility index (Phi) is 9.43. The number of hydrogen-bond acceptors (Lipinski definition) is 7. The minimum Gasteiger partial charge on any atom is -0.870 e. The number of carbonyl (C=O) groups is 1. The topological polar surface area (TPSA) is 140 Å². The molecular formula is C25H18Cl2N3NaO6S. The fourth-order valence-corrected chi connectivity index (χ4v) is 4.66. The van der Waals surface area contributed by atoms with E-state index >= 15 is 0 Å². The van der Waals surface area contributed by atoms with Gasteiger partial charge in [0, 0.05) is 16.0 Å². The van der Waals surface area contributed by atoms with Crippen molar-refractivity contribution in [3.8, 4) is 11.5 Å². The van der Waals surface area contributed by atoms with Crippen LogP contribution in [0.4, 0.5) is 17.1 Å². The molecule has 4 rings (SSSR count). The zero-order chi connectivity index (χ0) is 26.9. The number of carbonyl (C=O) groups excluding carboxylic acids is 1. The molecule has 0 bridgehead atoms. The van der Waals surface area contributed by atoms with E-state index in [9.17, 15) is 22.9 Å². The van der Waals surface area contributed by atoms with Crippen LogP contribution in [0.25, 0.3) is 10.8 Å². The van der Waals surface area contributed by atoms with E-state index in [4.69, 9.17) is 27.9 Å². The zero-order valence-electron chi connectivity index (χ0n) is 20.3. The number of methoxy groups -OCH3 is 1. The van der Waals surface area contributed by atoms with Gasteiger partial charge in [0.05, 0.1) is 17.8 Å². The summed E-state index contributed by atoms with van der Waals surface area (Å²) in [6, 6.07) is 15.2. The van der Waals surface area contributed by atoms with Crippen molar-refractivity contribution in [3.63, 3.8) is 0 Å². The Bertz CT molecular complexity index is 1700. The Morgan fingerprint density at radius 3 is 2.42 bits per heavy atom. The van der Waals surface area contributed by atoms with E-state index in [1.165, 1.54) is 19.2 Å². The molecule has 0 aliphatic rings. The van der Waals surface area contributed by atoms with Crippen LogP contribution in [0.3, 0.4) is 0 Å². The first kappa shape index (κ1) is 29.9. The van der Waals surface area contributed by atoms with E-state index in [2.05, 4.69) is 15.5 Å². The number of benzene rings is 4. The second kappa shape index (κ2) is 12.0. The SMILES string of the molecule is COc1cccc(Cl)c1NC(=O)c1cc2ccccc2c(N=Nc2cc(C)c(Cl)cc2S(=O)(=O)O)c1[O-].[Na+]. The number of halogens is 2. The number of nitrogens with one attached hydrogen (secondary N) is 1. The van der Waals surface area contributed by atoms with Gasteiger partial charge in [0.15, 0.2) is 0 Å². The van der Waals surface area contributed by atoms with E-state index in [1.807, 2.05) is 0 Å². The predicted molar refractivity (Wildman–Crippen MR) is 140 cm³/mol. The summed E-state index contributed by atoms with van der Waals surface area (Å²) in [5.74, 6) is -1.23. The first-order valence-electron chi connectivity index (χ1n) is 10.6. The first-order valence-corrected chi connectivity index (χ1v) is 12.8. The van der Waals surface area contributed by atoms with Gasteiger partial charge in [-0.05, 0) is 48.2 Å². The smallest absolute Gasteiger partial charge is 0.870 e. The van der Waals surface area contributed by atoms with Crippen molar-refractivity contribution in [1.82, 2.24) is 0 Å². The van der Waals surface area contributed by atoms with Crippen LogP contribution < -0.4 is 44.7 Å². The number of anilines is 1. The van der Waals surface area contributed by atoms with Crippen molar-refractivity contribution in [2.75, 3.05) is 12.4 Å². The molecule has 0 radical (unpaired) electrons. The largest absolute Gasteiger partial charge is 1.00 e. The molecule has 0 aromatic heterocycles. The number of nitrogens with zero attached hydrogens (tertiary/aromatic N) is 2. The van der Waals surface area contributed by atoms with E-state index in [0.29, 0.717) is 22.1 Å². The fraction of sp³-hybridized carbons (Fsp3) is 0.0800. The van der Waals surface area contributed by atoms with Crippen LogP contribution in [0.5, 0.6) is 11.5 Å². The fourth-order valence-electron chi connectivity index (χ4n) is 3.59. The number of rotatable bonds is 6. The van der Waals surface area contributed by atoms with Crippen molar-refractivity contribution in [3.05, 3.63) is 81.8 Å². The van der Waals surface area contributed by atoms with Gasteiger partial charge in [-0.1, -0.05) is 59.3 Å². The van der Waals surface area contributed by atoms with Crippen molar-refractivity contribution in [2.45, 2.75) is 11.8 Å². The van der Waals surface area contributed by atoms with E-state index in [-0.39, 0.29) is 62.2 Å². The maximum atomic E-state index is 13.4. The Hall–Kier alpha value is -2.70. The molecule has 190 valence electrons. The number of azo groups is 1. The zero-order valence-corrected chi connectivity index (χ0v) is 24.6. The molecule has 4 aromatic rings. The molecular weight excluding hydrogens is 564 g/mol. The summed E-state index contributed by atoms with van der Waals surface area (Å²) in [6.07, 6.45) is 0. The maximum Gasteiger partial charge on any atom is 1.00 e. The van der Waals surface area contributed by atoms with Crippen molar-refractivity contribution in [1.29, 1.82) is 0 Å². The second-order valence-electron chi connectivity index (χ2n) is 7.84. The molecule has 0 unspecified atom stereocenters. The molecule has 2 N–H and O–H groups in total. The van der Waals surface area contributed by atoms with Crippen LogP contribution in [-0.4, -0.2) is 26.0 Å². The number of fused-ring (bicyclic) bond motifs is 1. The summed E-state index contributed by atoms with van der Waals surface area (Å²) >= 11 is 12.2. The van der Waals surface area contributed by atoms with Crippen LogP contribution in [-0.2, 0) is 10.1 Å². The summed E-state index contributed by atoms with van der Waals surface area (Å²) in [7, 11) is -3.29. The van der Waals surface area contributed by atoms with E-state index < -0.39 is 26.7 Å². The molecule has 38 heavy (non-hydrogen) atoms. The average Bonchev–Trinajstić information content (AvgIpc) is 2.85. The maximum absolute atomic E-state index is 13.4. The summed E-state index contributed by atoms with van der Waals surface area (Å²) < 4.78 is 38.6. The van der Waals surface area contributed by atoms with Crippen LogP contribution in [0, 0.1) is 6.92 Å². The number of amides is 1. The van der Waals surface area contributed by atoms with Gasteiger partial charge in [-0.25, -0.2) is 0 Å². The number of ether oxygens (including phenoxy) is 1. The van der Waals surface area contributed by atoms with Gasteiger partial charge in [-0.3, -0.25) is 9.35 Å². The third kappa shape index (κ3) is 6.13. The first-order chi connectivity index (χ1) is 17.5. The number of hydrogen-bond donors (Lipinski definition) is 2. The molecule has 13 heteroatoms. The Morgan fingerprint density at radius 2 is 1.74 bits per heavy atom. The quantitative estimate of drug-likeness (QED) is 0.203. The molecule has 0 fully saturated rings. The van der Waals surface area contributed by atoms with Crippen molar-refractivity contribution in [2.24, 2.45) is 10.2 Å². The summed E-state index contributed by atoms with van der Waals surface area (Å²) in [6.45, 7) is 1.61. The summed E-state index contributed by atoms with van der Waals surface area (Å²) in [5, 5.41) is 25.1. The Labute approximate surface area is 250 Å². The van der Waals surface area contributed by atoms with Crippen LogP contribution in [0.2, 0.25) is 10.0 Å². The average molecular weight is 582 g/mol. The van der Waals surface area contributed by atoms with Gasteiger partial charge in [0.2, 0.25) is 0 Å². The van der Waals surface area contributed by atoms with Gasteiger partial charge in [0.25, 0.3) is 16.0 Å². The second-order valence-corrected chi connectivity index (χ2v) is 10.0. The monoisotopic (exact) mass is 581 g/mol.